The smallest absolute Gasteiger partial charge is 0.301 e. The molecule has 0 saturated carbocycles. The maximum Gasteiger partial charge on any atom is 0.301 e. The lowest BCUT2D eigenvalue weighted by atomic mass is 9.95. The van der Waals surface area contributed by atoms with Gasteiger partial charge < -0.3 is 14.4 Å². The van der Waals surface area contributed by atoms with Gasteiger partial charge in [-0.15, -0.1) is 0 Å². The van der Waals surface area contributed by atoms with Gasteiger partial charge in [-0.25, -0.2) is 0 Å². The van der Waals surface area contributed by atoms with E-state index in [1.54, 1.807) is 61.5 Å². The highest BCUT2D eigenvalue weighted by Gasteiger charge is 2.48. The maximum absolute atomic E-state index is 13.1. The van der Waals surface area contributed by atoms with E-state index in [0.717, 1.165) is 10.9 Å². The molecule has 1 amide bonds. The molecular weight excluding hydrogens is 476 g/mol. The number of Topliss-reactive ketones (excluding diaryl/α,β-unsaturated/α-hetero) is 1. The fourth-order valence-corrected chi connectivity index (χ4v) is 3.87. The monoisotopic (exact) mass is 496 g/mol. The Morgan fingerprint density at radius 2 is 1.94 bits per heavy atom. The molecule has 8 heteroatoms. The van der Waals surface area contributed by atoms with E-state index in [1.807, 2.05) is 6.92 Å². The van der Waals surface area contributed by atoms with Crippen LogP contribution in [0.3, 0.4) is 0 Å². The number of halogens is 1. The lowest BCUT2D eigenvalue weighted by Gasteiger charge is -2.23. The van der Waals surface area contributed by atoms with Gasteiger partial charge in [-0.2, -0.15) is 0 Å². The van der Waals surface area contributed by atoms with Gasteiger partial charge in [0.2, 0.25) is 0 Å². The van der Waals surface area contributed by atoms with Crippen molar-refractivity contribution in [2.24, 2.45) is 0 Å². The Kier molecular flexibility index (Phi) is 6.14. The van der Waals surface area contributed by atoms with E-state index < -0.39 is 17.7 Å². The molecule has 32 heavy (non-hydrogen) atoms. The van der Waals surface area contributed by atoms with Gasteiger partial charge >= 0.3 is 5.91 Å². The van der Waals surface area contributed by atoms with Crippen molar-refractivity contribution in [2.75, 3.05) is 11.5 Å². The van der Waals surface area contributed by atoms with Crippen LogP contribution in [0, 0.1) is 6.92 Å². The fraction of sp³-hybridized carbons (Fsp3) is 0.208. The number of anilines is 1. The number of hydrogen-bond donors (Lipinski definition) is 1. The summed E-state index contributed by atoms with van der Waals surface area (Å²) < 4.78 is 11.7. The van der Waals surface area contributed by atoms with E-state index in [4.69, 9.17) is 9.26 Å². The second-order valence-corrected chi connectivity index (χ2v) is 8.31. The van der Waals surface area contributed by atoms with Gasteiger partial charge in [-0.3, -0.25) is 14.5 Å². The molecule has 2 aromatic carbocycles. The van der Waals surface area contributed by atoms with E-state index in [9.17, 15) is 14.7 Å². The van der Waals surface area contributed by atoms with Gasteiger partial charge in [0.25, 0.3) is 5.78 Å². The number of amides is 1. The van der Waals surface area contributed by atoms with Crippen LogP contribution in [0.15, 0.2) is 69.2 Å². The first-order chi connectivity index (χ1) is 15.4. The molecule has 1 saturated heterocycles. The zero-order valence-corrected chi connectivity index (χ0v) is 19.1. The topological polar surface area (TPSA) is 92.9 Å². The van der Waals surface area contributed by atoms with Gasteiger partial charge in [-0.05, 0) is 43.2 Å². The van der Waals surface area contributed by atoms with E-state index in [2.05, 4.69) is 21.1 Å². The third-order valence-corrected chi connectivity index (χ3v) is 5.60. The van der Waals surface area contributed by atoms with Crippen LogP contribution >= 0.6 is 15.9 Å². The molecule has 7 nitrogen and oxygen atoms in total. The number of aryl methyl sites for hydroxylation is 1. The summed E-state index contributed by atoms with van der Waals surface area (Å²) in [6.45, 7) is 4.23. The minimum atomic E-state index is -0.895. The van der Waals surface area contributed by atoms with Gasteiger partial charge in [-0.1, -0.05) is 52.3 Å². The molecular formula is C24H21BrN2O5. The number of nitrogens with zero attached hydrogens (tertiary/aromatic N) is 2. The van der Waals surface area contributed by atoms with Crippen LogP contribution in [-0.2, 0) is 9.59 Å². The summed E-state index contributed by atoms with van der Waals surface area (Å²) in [5.41, 5.74) is 1.01. The van der Waals surface area contributed by atoms with E-state index in [0.29, 0.717) is 29.2 Å². The number of rotatable bonds is 6. The van der Waals surface area contributed by atoms with Gasteiger partial charge in [0.15, 0.2) is 5.82 Å². The predicted molar refractivity (Wildman–Crippen MR) is 122 cm³/mol. The SMILES string of the molecule is CCCOc1cccc(C2C(=C(O)c3ccc(Br)cc3)C(=O)C(=O)N2c2cc(C)on2)c1. The number of hydrogen-bond acceptors (Lipinski definition) is 6. The molecule has 0 aliphatic carbocycles. The normalized spacial score (nSPS) is 17.7. The zero-order chi connectivity index (χ0) is 22.8. The minimum Gasteiger partial charge on any atom is -0.507 e. The quantitative estimate of drug-likeness (QED) is 0.287. The maximum atomic E-state index is 13.1. The van der Waals surface area contributed by atoms with Gasteiger partial charge in [0.1, 0.15) is 17.3 Å². The molecule has 0 spiro atoms. The number of aliphatic hydroxyl groups excluding tert-OH is 1. The van der Waals surface area contributed by atoms with Crippen molar-refractivity contribution in [1.29, 1.82) is 0 Å². The predicted octanol–water partition coefficient (Wildman–Crippen LogP) is 5.16. The molecule has 1 atom stereocenters. The summed E-state index contributed by atoms with van der Waals surface area (Å²) >= 11 is 3.36. The van der Waals surface area contributed by atoms with Crippen molar-refractivity contribution in [1.82, 2.24) is 5.16 Å². The van der Waals surface area contributed by atoms with Crippen LogP contribution in [0.25, 0.3) is 5.76 Å². The zero-order valence-electron chi connectivity index (χ0n) is 17.5. The third-order valence-electron chi connectivity index (χ3n) is 5.07. The van der Waals surface area contributed by atoms with Crippen LogP contribution in [0.1, 0.15) is 36.3 Å². The highest BCUT2D eigenvalue weighted by molar-refractivity contribution is 9.10. The number of aliphatic hydroxyl groups is 1. The highest BCUT2D eigenvalue weighted by Crippen LogP contribution is 2.42. The Balaban J connectivity index is 1.90. The van der Waals surface area contributed by atoms with Crippen molar-refractivity contribution in [3.63, 3.8) is 0 Å². The van der Waals surface area contributed by atoms with Crippen molar-refractivity contribution in [2.45, 2.75) is 26.3 Å². The number of carbonyl (C=O) groups is 2. The summed E-state index contributed by atoms with van der Waals surface area (Å²) in [5.74, 6) is -0.547. The molecule has 4 rings (SSSR count). The number of carbonyl (C=O) groups excluding carboxylic acids is 2. The summed E-state index contributed by atoms with van der Waals surface area (Å²) in [5, 5.41) is 15.0. The number of ketones is 1. The van der Waals surface area contributed by atoms with Gasteiger partial charge in [0.05, 0.1) is 18.2 Å². The van der Waals surface area contributed by atoms with Crippen LogP contribution in [0.5, 0.6) is 5.75 Å². The second-order valence-electron chi connectivity index (χ2n) is 7.39. The molecule has 1 unspecified atom stereocenters. The minimum absolute atomic E-state index is 0.0226. The lowest BCUT2D eigenvalue weighted by Crippen LogP contribution is -2.29. The van der Waals surface area contributed by atoms with Crippen molar-refractivity contribution >= 4 is 39.2 Å². The standard InChI is InChI=1S/C24H21BrN2O5/c1-3-11-31-18-6-4-5-16(13-18)21-20(22(28)15-7-9-17(25)10-8-15)23(29)24(30)27(21)19-12-14(2)32-26-19/h4-10,12-13,21,28H,3,11H2,1-2H3. The summed E-state index contributed by atoms with van der Waals surface area (Å²) in [6.07, 6.45) is 0.838. The van der Waals surface area contributed by atoms with Crippen LogP contribution < -0.4 is 9.64 Å². The van der Waals surface area contributed by atoms with E-state index in [1.165, 1.54) is 4.90 Å². The van der Waals surface area contributed by atoms with Crippen LogP contribution in [0.4, 0.5) is 5.82 Å². The molecule has 164 valence electrons. The van der Waals surface area contributed by atoms with Crippen LogP contribution in [0.2, 0.25) is 0 Å². The van der Waals surface area contributed by atoms with E-state index >= 15 is 0 Å². The average molecular weight is 497 g/mol. The first-order valence-electron chi connectivity index (χ1n) is 10.1. The molecule has 1 aromatic heterocycles. The first-order valence-corrected chi connectivity index (χ1v) is 10.9. The molecule has 0 radical (unpaired) electrons. The Labute approximate surface area is 193 Å². The summed E-state index contributed by atoms with van der Waals surface area (Å²) in [7, 11) is 0. The van der Waals surface area contributed by atoms with Crippen LogP contribution in [-0.4, -0.2) is 28.6 Å². The molecule has 1 aliphatic heterocycles. The molecule has 2 heterocycles. The van der Waals surface area contributed by atoms with Crippen molar-refractivity contribution in [3.05, 3.63) is 81.5 Å². The Morgan fingerprint density at radius 3 is 2.59 bits per heavy atom. The molecule has 1 N–H and O–H groups in total. The first kappa shape index (κ1) is 21.8. The van der Waals surface area contributed by atoms with Gasteiger partial charge in [0, 0.05) is 16.1 Å². The summed E-state index contributed by atoms with van der Waals surface area (Å²) in [6, 6.07) is 14.7. The molecule has 1 fully saturated rings. The fourth-order valence-electron chi connectivity index (χ4n) is 3.61. The molecule has 1 aliphatic rings. The lowest BCUT2D eigenvalue weighted by molar-refractivity contribution is -0.132. The number of aromatic nitrogens is 1. The largest absolute Gasteiger partial charge is 0.507 e. The number of ether oxygens (including phenoxy) is 1. The highest BCUT2D eigenvalue weighted by atomic mass is 79.9. The molecule has 0 bridgehead atoms. The van der Waals surface area contributed by atoms with Crippen molar-refractivity contribution in [3.8, 4) is 5.75 Å². The Morgan fingerprint density at radius 1 is 1.19 bits per heavy atom. The number of benzene rings is 2. The average Bonchev–Trinajstić information content (AvgIpc) is 3.33. The molecule has 3 aromatic rings. The second kappa shape index (κ2) is 9.00. The van der Waals surface area contributed by atoms with E-state index in [-0.39, 0.29) is 17.2 Å². The Hall–Kier alpha value is -3.39. The Bertz CT molecular complexity index is 1200. The van der Waals surface area contributed by atoms with Crippen molar-refractivity contribution < 1.29 is 24.0 Å². The summed E-state index contributed by atoms with van der Waals surface area (Å²) in [4.78, 5) is 27.4. The third kappa shape index (κ3) is 4.05.